The Balaban J connectivity index is 1.65. The molecular formula is C26H24ClN3OS. The molecule has 6 heteroatoms. The van der Waals surface area contributed by atoms with Gasteiger partial charge in [-0.1, -0.05) is 85.1 Å². The zero-order valence-electron chi connectivity index (χ0n) is 17.7. The van der Waals surface area contributed by atoms with E-state index >= 15 is 0 Å². The summed E-state index contributed by atoms with van der Waals surface area (Å²) in [6.07, 6.45) is 5.67. The molecule has 1 saturated carbocycles. The van der Waals surface area contributed by atoms with Crippen LogP contribution in [0.5, 0.6) is 0 Å². The molecule has 1 amide bonds. The molecule has 1 aromatic heterocycles. The average molecular weight is 462 g/mol. The molecule has 0 spiro atoms. The quantitative estimate of drug-likeness (QED) is 0.426. The molecule has 162 valence electrons. The van der Waals surface area contributed by atoms with Crippen molar-refractivity contribution in [2.24, 2.45) is 0 Å². The van der Waals surface area contributed by atoms with Crippen LogP contribution in [0.3, 0.4) is 0 Å². The van der Waals surface area contributed by atoms with Crippen LogP contribution in [0, 0.1) is 11.3 Å². The second-order valence-electron chi connectivity index (χ2n) is 7.91. The summed E-state index contributed by atoms with van der Waals surface area (Å²) < 4.78 is 0. The van der Waals surface area contributed by atoms with Crippen molar-refractivity contribution in [1.29, 1.82) is 5.26 Å². The van der Waals surface area contributed by atoms with E-state index in [1.807, 2.05) is 60.7 Å². The Bertz CT molecular complexity index is 1120. The summed E-state index contributed by atoms with van der Waals surface area (Å²) in [5.41, 5.74) is 3.89. The second-order valence-corrected chi connectivity index (χ2v) is 9.31. The van der Waals surface area contributed by atoms with Gasteiger partial charge >= 0.3 is 0 Å². The molecule has 1 N–H and O–H groups in total. The molecule has 0 aliphatic heterocycles. The van der Waals surface area contributed by atoms with Gasteiger partial charge in [0.15, 0.2) is 0 Å². The molecule has 4 rings (SSSR count). The van der Waals surface area contributed by atoms with E-state index in [2.05, 4.69) is 11.4 Å². The monoisotopic (exact) mass is 461 g/mol. The number of benzene rings is 2. The Labute approximate surface area is 198 Å². The smallest absolute Gasteiger partial charge is 0.230 e. The van der Waals surface area contributed by atoms with Gasteiger partial charge in [0.2, 0.25) is 5.91 Å². The summed E-state index contributed by atoms with van der Waals surface area (Å²) in [6, 6.07) is 21.8. The van der Waals surface area contributed by atoms with Gasteiger partial charge in [0.25, 0.3) is 0 Å². The topological polar surface area (TPSA) is 65.8 Å². The van der Waals surface area contributed by atoms with Gasteiger partial charge in [-0.15, -0.1) is 0 Å². The first-order chi connectivity index (χ1) is 15.6. The van der Waals surface area contributed by atoms with Crippen molar-refractivity contribution in [1.82, 2.24) is 10.3 Å². The highest BCUT2D eigenvalue weighted by Crippen LogP contribution is 2.34. The van der Waals surface area contributed by atoms with Crippen molar-refractivity contribution in [3.63, 3.8) is 0 Å². The largest absolute Gasteiger partial charge is 0.353 e. The summed E-state index contributed by atoms with van der Waals surface area (Å²) in [5, 5.41) is 14.3. The van der Waals surface area contributed by atoms with Crippen molar-refractivity contribution >= 4 is 29.3 Å². The number of thioether (sulfide) groups is 1. The molecule has 1 heterocycles. The number of aromatic nitrogens is 1. The van der Waals surface area contributed by atoms with E-state index in [1.54, 1.807) is 0 Å². The second kappa shape index (κ2) is 10.7. The van der Waals surface area contributed by atoms with Crippen LogP contribution in [0.4, 0.5) is 0 Å². The first-order valence-corrected chi connectivity index (χ1v) is 12.2. The summed E-state index contributed by atoms with van der Waals surface area (Å²) in [4.78, 5) is 17.3. The summed E-state index contributed by atoms with van der Waals surface area (Å²) >= 11 is 7.38. The van der Waals surface area contributed by atoms with E-state index < -0.39 is 0 Å². The molecule has 0 radical (unpaired) electrons. The zero-order chi connectivity index (χ0) is 22.3. The lowest BCUT2D eigenvalue weighted by Crippen LogP contribution is -2.37. The van der Waals surface area contributed by atoms with E-state index in [1.165, 1.54) is 31.0 Å². The Kier molecular flexibility index (Phi) is 7.47. The minimum absolute atomic E-state index is 0.00857. The van der Waals surface area contributed by atoms with Crippen LogP contribution >= 0.6 is 23.4 Å². The average Bonchev–Trinajstić information content (AvgIpc) is 2.84. The fraction of sp³-hybridized carbons (Fsp3) is 0.269. The number of carbonyl (C=O) groups is 1. The van der Waals surface area contributed by atoms with Crippen molar-refractivity contribution in [3.8, 4) is 28.5 Å². The molecular weight excluding hydrogens is 438 g/mol. The number of nitriles is 1. The SMILES string of the molecule is N#Cc1c(-c2ccccc2)cc(-c2ccc(Cl)cc2)nc1SCC(=O)NC1CCCCC1. The van der Waals surface area contributed by atoms with Gasteiger partial charge in [-0.05, 0) is 36.6 Å². The lowest BCUT2D eigenvalue weighted by atomic mass is 9.95. The number of pyridine rings is 1. The number of hydrogen-bond donors (Lipinski definition) is 1. The van der Waals surface area contributed by atoms with Crippen molar-refractivity contribution in [2.45, 2.75) is 43.2 Å². The van der Waals surface area contributed by atoms with Gasteiger partial charge in [-0.2, -0.15) is 5.26 Å². The molecule has 32 heavy (non-hydrogen) atoms. The molecule has 0 bridgehead atoms. The number of rotatable bonds is 6. The van der Waals surface area contributed by atoms with Crippen LogP contribution < -0.4 is 5.32 Å². The van der Waals surface area contributed by atoms with Crippen LogP contribution in [-0.2, 0) is 4.79 Å². The minimum atomic E-state index is -0.00857. The predicted molar refractivity (Wildman–Crippen MR) is 131 cm³/mol. The third-order valence-corrected chi connectivity index (χ3v) is 6.86. The third kappa shape index (κ3) is 5.51. The molecule has 1 fully saturated rings. The van der Waals surface area contributed by atoms with Crippen LogP contribution in [-0.4, -0.2) is 22.7 Å². The number of halogens is 1. The van der Waals surface area contributed by atoms with Crippen molar-refractivity contribution < 1.29 is 4.79 Å². The number of nitrogens with one attached hydrogen (secondary N) is 1. The van der Waals surface area contributed by atoms with Gasteiger partial charge in [0, 0.05) is 22.2 Å². The van der Waals surface area contributed by atoms with Gasteiger partial charge in [-0.25, -0.2) is 4.98 Å². The highest BCUT2D eigenvalue weighted by atomic mass is 35.5. The highest BCUT2D eigenvalue weighted by Gasteiger charge is 2.19. The molecule has 0 saturated heterocycles. The van der Waals surface area contributed by atoms with Gasteiger partial charge in [0.05, 0.1) is 17.0 Å². The van der Waals surface area contributed by atoms with E-state index in [4.69, 9.17) is 16.6 Å². The minimum Gasteiger partial charge on any atom is -0.353 e. The fourth-order valence-electron chi connectivity index (χ4n) is 4.00. The molecule has 2 aromatic carbocycles. The Morgan fingerprint density at radius 3 is 2.47 bits per heavy atom. The van der Waals surface area contributed by atoms with E-state index in [-0.39, 0.29) is 17.7 Å². The fourth-order valence-corrected chi connectivity index (χ4v) is 4.94. The maximum atomic E-state index is 12.6. The molecule has 1 aliphatic rings. The van der Waals surface area contributed by atoms with Gasteiger partial charge in [0.1, 0.15) is 11.1 Å². The maximum absolute atomic E-state index is 12.6. The van der Waals surface area contributed by atoms with E-state index in [0.717, 1.165) is 35.2 Å². The Morgan fingerprint density at radius 1 is 1.06 bits per heavy atom. The summed E-state index contributed by atoms with van der Waals surface area (Å²) in [6.45, 7) is 0. The van der Waals surface area contributed by atoms with Crippen molar-refractivity contribution in [2.75, 3.05) is 5.75 Å². The third-order valence-electron chi connectivity index (χ3n) is 5.63. The number of nitrogens with zero attached hydrogens (tertiary/aromatic N) is 2. The number of carbonyl (C=O) groups excluding carboxylic acids is 1. The van der Waals surface area contributed by atoms with Crippen LogP contribution in [0.25, 0.3) is 22.4 Å². The summed E-state index contributed by atoms with van der Waals surface area (Å²) in [7, 11) is 0. The maximum Gasteiger partial charge on any atom is 0.230 e. The Hall–Kier alpha value is -2.81. The van der Waals surface area contributed by atoms with Crippen molar-refractivity contribution in [3.05, 3.63) is 71.2 Å². The first-order valence-electron chi connectivity index (χ1n) is 10.8. The number of amides is 1. The van der Waals surface area contributed by atoms with Crippen LogP contribution in [0.2, 0.25) is 5.02 Å². The highest BCUT2D eigenvalue weighted by molar-refractivity contribution is 8.00. The number of hydrogen-bond acceptors (Lipinski definition) is 4. The standard InChI is InChI=1S/C26H24ClN3OS/c27-20-13-11-19(12-14-20)24-15-22(18-7-3-1-4-8-18)23(16-28)26(30-24)32-17-25(31)29-21-9-5-2-6-10-21/h1,3-4,7-8,11-15,21H,2,5-6,9-10,17H2,(H,29,31). The van der Waals surface area contributed by atoms with Gasteiger partial charge < -0.3 is 5.32 Å². The summed E-state index contributed by atoms with van der Waals surface area (Å²) in [5.74, 6) is 0.224. The molecule has 1 aliphatic carbocycles. The van der Waals surface area contributed by atoms with E-state index in [9.17, 15) is 10.1 Å². The molecule has 0 atom stereocenters. The normalized spacial score (nSPS) is 14.0. The predicted octanol–water partition coefficient (Wildman–Crippen LogP) is 6.48. The lowest BCUT2D eigenvalue weighted by Gasteiger charge is -2.22. The Morgan fingerprint density at radius 2 is 1.78 bits per heavy atom. The lowest BCUT2D eigenvalue weighted by molar-refractivity contribution is -0.119. The molecule has 3 aromatic rings. The van der Waals surface area contributed by atoms with Crippen LogP contribution in [0.15, 0.2) is 65.7 Å². The van der Waals surface area contributed by atoms with Crippen LogP contribution in [0.1, 0.15) is 37.7 Å². The zero-order valence-corrected chi connectivity index (χ0v) is 19.3. The molecule has 4 nitrogen and oxygen atoms in total. The first kappa shape index (κ1) is 22.4. The van der Waals surface area contributed by atoms with Gasteiger partial charge in [-0.3, -0.25) is 4.79 Å². The van der Waals surface area contributed by atoms with E-state index in [0.29, 0.717) is 15.6 Å². The molecule has 0 unspecified atom stereocenters.